The van der Waals surface area contributed by atoms with Gasteiger partial charge in [0.05, 0.1) is 5.52 Å². The van der Waals surface area contributed by atoms with E-state index in [1.54, 1.807) is 6.20 Å². The number of nitrogens with two attached hydrogens (primary N) is 1. The second-order valence-corrected chi connectivity index (χ2v) is 5.39. The zero-order valence-corrected chi connectivity index (χ0v) is 12.2. The maximum atomic E-state index is 5.90. The number of aromatic nitrogens is 1. The summed E-state index contributed by atoms with van der Waals surface area (Å²) in [6.45, 7) is 0. The fourth-order valence-electron chi connectivity index (χ4n) is 1.86. The molecule has 1 heterocycles. The van der Waals surface area contributed by atoms with Crippen LogP contribution in [0.15, 0.2) is 54.7 Å². The number of nitrogen functional groups attached to an aromatic ring is 1. The van der Waals surface area contributed by atoms with Crippen molar-refractivity contribution in [1.82, 2.24) is 4.98 Å². The first-order valence-corrected chi connectivity index (χ1v) is 6.88. The van der Waals surface area contributed by atoms with Crippen LogP contribution in [0.3, 0.4) is 0 Å². The maximum Gasteiger partial charge on any atom is 0.138 e. The third kappa shape index (κ3) is 2.63. The Morgan fingerprint density at radius 3 is 2.58 bits per heavy atom. The fraction of sp³-hybridized carbons (Fsp3) is 0. The zero-order valence-electron chi connectivity index (χ0n) is 10.0. The Morgan fingerprint density at radius 1 is 1.00 bits per heavy atom. The molecule has 0 unspecified atom stereocenters. The summed E-state index contributed by atoms with van der Waals surface area (Å²) in [4.78, 5) is 4.30. The number of hydrogen-bond donors (Lipinski definition) is 1. The van der Waals surface area contributed by atoms with E-state index in [1.165, 1.54) is 3.57 Å². The smallest absolute Gasteiger partial charge is 0.138 e. The van der Waals surface area contributed by atoms with Crippen LogP contribution in [0.2, 0.25) is 0 Å². The molecule has 1 aromatic heterocycles. The fourth-order valence-corrected chi connectivity index (χ4v) is 2.22. The summed E-state index contributed by atoms with van der Waals surface area (Å²) in [7, 11) is 0. The molecular formula is C15H11IN2O. The van der Waals surface area contributed by atoms with Crippen LogP contribution in [0.5, 0.6) is 11.5 Å². The second-order valence-electron chi connectivity index (χ2n) is 4.14. The van der Waals surface area contributed by atoms with Crippen molar-refractivity contribution < 1.29 is 4.74 Å². The van der Waals surface area contributed by atoms with E-state index in [2.05, 4.69) is 27.6 Å². The van der Waals surface area contributed by atoms with E-state index in [9.17, 15) is 0 Å². The summed E-state index contributed by atoms with van der Waals surface area (Å²) >= 11 is 2.27. The first-order valence-electron chi connectivity index (χ1n) is 5.80. The van der Waals surface area contributed by atoms with Crippen molar-refractivity contribution in [2.45, 2.75) is 0 Å². The van der Waals surface area contributed by atoms with Crippen LogP contribution < -0.4 is 10.5 Å². The molecule has 0 bridgehead atoms. The number of ether oxygens (including phenoxy) is 1. The summed E-state index contributed by atoms with van der Waals surface area (Å²) in [5.74, 6) is 1.59. The summed E-state index contributed by atoms with van der Waals surface area (Å²) in [5, 5.41) is 0.954. The molecule has 3 rings (SSSR count). The van der Waals surface area contributed by atoms with Crippen LogP contribution in [-0.4, -0.2) is 4.98 Å². The highest BCUT2D eigenvalue weighted by atomic mass is 127. The highest BCUT2D eigenvalue weighted by Gasteiger charge is 2.04. The monoisotopic (exact) mass is 362 g/mol. The van der Waals surface area contributed by atoms with Gasteiger partial charge >= 0.3 is 0 Å². The van der Waals surface area contributed by atoms with E-state index in [0.717, 1.165) is 22.4 Å². The SMILES string of the molecule is Nc1ccc2c(Oc3ccc(I)cc3)ccnc2c1. The van der Waals surface area contributed by atoms with Gasteiger partial charge in [0, 0.05) is 20.8 Å². The Hall–Kier alpha value is -1.82. The number of halogens is 1. The number of rotatable bonds is 2. The third-order valence-corrected chi connectivity index (χ3v) is 3.49. The third-order valence-electron chi connectivity index (χ3n) is 2.77. The number of hydrogen-bond acceptors (Lipinski definition) is 3. The lowest BCUT2D eigenvalue weighted by Gasteiger charge is -2.09. The van der Waals surface area contributed by atoms with Gasteiger partial charge in [0.1, 0.15) is 11.5 Å². The second kappa shape index (κ2) is 5.05. The largest absolute Gasteiger partial charge is 0.457 e. The zero-order chi connectivity index (χ0) is 13.2. The van der Waals surface area contributed by atoms with Gasteiger partial charge in [-0.1, -0.05) is 0 Å². The van der Waals surface area contributed by atoms with Gasteiger partial charge in [-0.15, -0.1) is 0 Å². The normalized spacial score (nSPS) is 10.6. The van der Waals surface area contributed by atoms with E-state index in [0.29, 0.717) is 5.69 Å². The van der Waals surface area contributed by atoms with Crippen molar-refractivity contribution in [2.24, 2.45) is 0 Å². The van der Waals surface area contributed by atoms with Crippen LogP contribution in [0.4, 0.5) is 5.69 Å². The van der Waals surface area contributed by atoms with Crippen LogP contribution >= 0.6 is 22.6 Å². The molecule has 0 radical (unpaired) electrons. The Kier molecular flexibility index (Phi) is 3.25. The van der Waals surface area contributed by atoms with Gasteiger partial charge < -0.3 is 10.5 Å². The van der Waals surface area contributed by atoms with Gasteiger partial charge in [-0.2, -0.15) is 0 Å². The highest BCUT2D eigenvalue weighted by Crippen LogP contribution is 2.29. The first kappa shape index (κ1) is 12.2. The summed E-state index contributed by atoms with van der Waals surface area (Å²) in [6, 6.07) is 15.4. The van der Waals surface area contributed by atoms with Crippen molar-refractivity contribution in [2.75, 3.05) is 5.73 Å². The average Bonchev–Trinajstić information content (AvgIpc) is 2.41. The Labute approximate surface area is 124 Å². The van der Waals surface area contributed by atoms with E-state index >= 15 is 0 Å². The van der Waals surface area contributed by atoms with Gasteiger partial charge in [0.25, 0.3) is 0 Å². The number of fused-ring (bicyclic) bond motifs is 1. The lowest BCUT2D eigenvalue weighted by molar-refractivity contribution is 0.488. The van der Waals surface area contributed by atoms with Crippen LogP contribution in [-0.2, 0) is 0 Å². The van der Waals surface area contributed by atoms with Crippen LogP contribution in [0.25, 0.3) is 10.9 Å². The highest BCUT2D eigenvalue weighted by molar-refractivity contribution is 14.1. The molecule has 0 spiro atoms. The molecule has 2 aromatic carbocycles. The predicted octanol–water partition coefficient (Wildman–Crippen LogP) is 4.21. The van der Waals surface area contributed by atoms with E-state index in [-0.39, 0.29) is 0 Å². The topological polar surface area (TPSA) is 48.1 Å². The number of nitrogens with zero attached hydrogens (tertiary/aromatic N) is 1. The van der Waals surface area contributed by atoms with Gasteiger partial charge in [0.2, 0.25) is 0 Å². The minimum Gasteiger partial charge on any atom is -0.457 e. The average molecular weight is 362 g/mol. The molecule has 19 heavy (non-hydrogen) atoms. The van der Waals surface area contributed by atoms with Crippen molar-refractivity contribution in [1.29, 1.82) is 0 Å². The molecule has 0 saturated carbocycles. The molecular weight excluding hydrogens is 351 g/mol. The Morgan fingerprint density at radius 2 is 1.79 bits per heavy atom. The minimum atomic E-state index is 0.700. The van der Waals surface area contributed by atoms with Crippen LogP contribution in [0, 0.1) is 3.57 Å². The minimum absolute atomic E-state index is 0.700. The Bertz CT molecular complexity index is 726. The van der Waals surface area contributed by atoms with Gasteiger partial charge in [0.15, 0.2) is 0 Å². The molecule has 0 atom stereocenters. The van der Waals surface area contributed by atoms with Crippen molar-refractivity contribution in [3.05, 3.63) is 58.3 Å². The Balaban J connectivity index is 2.03. The molecule has 0 saturated heterocycles. The van der Waals surface area contributed by atoms with E-state index < -0.39 is 0 Å². The van der Waals surface area contributed by atoms with Gasteiger partial charge in [-0.25, -0.2) is 0 Å². The van der Waals surface area contributed by atoms with E-state index in [4.69, 9.17) is 10.5 Å². The number of anilines is 1. The molecule has 0 amide bonds. The first-order chi connectivity index (χ1) is 9.22. The molecule has 4 heteroatoms. The summed E-state index contributed by atoms with van der Waals surface area (Å²) < 4.78 is 7.08. The molecule has 2 N–H and O–H groups in total. The molecule has 3 aromatic rings. The van der Waals surface area contributed by atoms with Gasteiger partial charge in [-0.3, -0.25) is 4.98 Å². The molecule has 0 aliphatic carbocycles. The molecule has 3 nitrogen and oxygen atoms in total. The molecule has 0 aliphatic heterocycles. The summed E-state index contributed by atoms with van der Waals surface area (Å²) in [6.07, 6.45) is 1.73. The van der Waals surface area contributed by atoms with Crippen molar-refractivity contribution in [3.63, 3.8) is 0 Å². The number of benzene rings is 2. The number of pyridine rings is 1. The van der Waals surface area contributed by atoms with Crippen molar-refractivity contribution >= 4 is 39.2 Å². The van der Waals surface area contributed by atoms with E-state index in [1.807, 2.05) is 48.5 Å². The maximum absolute atomic E-state index is 5.90. The molecule has 94 valence electrons. The summed E-state index contributed by atoms with van der Waals surface area (Å²) in [5.41, 5.74) is 7.30. The quantitative estimate of drug-likeness (QED) is 0.549. The van der Waals surface area contributed by atoms with Crippen molar-refractivity contribution in [3.8, 4) is 11.5 Å². The van der Waals surface area contributed by atoms with Crippen LogP contribution in [0.1, 0.15) is 0 Å². The predicted molar refractivity (Wildman–Crippen MR) is 85.4 cm³/mol. The lowest BCUT2D eigenvalue weighted by atomic mass is 10.2. The molecule has 0 fully saturated rings. The standard InChI is InChI=1S/C15H11IN2O/c16-10-1-4-12(5-2-10)19-15-7-8-18-14-9-11(17)3-6-13(14)15/h1-9H,17H2. The lowest BCUT2D eigenvalue weighted by Crippen LogP contribution is -1.90. The molecule has 0 aliphatic rings. The van der Waals surface area contributed by atoms with Gasteiger partial charge in [-0.05, 0) is 71.1 Å².